The molecule has 0 bridgehead atoms. The molecule has 1 heterocycles. The van der Waals surface area contributed by atoms with Crippen LogP contribution in [-0.2, 0) is 6.54 Å². The third kappa shape index (κ3) is 8.06. The van der Waals surface area contributed by atoms with Crippen molar-refractivity contribution in [2.75, 3.05) is 39.8 Å². The second-order valence-corrected chi connectivity index (χ2v) is 7.62. The van der Waals surface area contributed by atoms with Gasteiger partial charge in [-0.3, -0.25) is 14.7 Å². The van der Waals surface area contributed by atoms with Gasteiger partial charge in [-0.15, -0.1) is 24.0 Å². The third-order valence-electron chi connectivity index (χ3n) is 5.85. The Bertz CT molecular complexity index is 645. The van der Waals surface area contributed by atoms with Crippen LogP contribution in [0.2, 0.25) is 0 Å². The third-order valence-corrected chi connectivity index (χ3v) is 5.85. The Hall–Kier alpha value is -1.35. The number of piperidine rings is 1. The summed E-state index contributed by atoms with van der Waals surface area (Å²) < 4.78 is 0. The topological polar surface area (TPSA) is 60.0 Å². The number of hydrogen-bond acceptors (Lipinski definition) is 3. The van der Waals surface area contributed by atoms with Gasteiger partial charge in [0.2, 0.25) is 0 Å². The van der Waals surface area contributed by atoms with Gasteiger partial charge in [-0.05, 0) is 57.4 Å². The van der Waals surface area contributed by atoms with Gasteiger partial charge in [-0.2, -0.15) is 0 Å². The molecular formula is C23H40IN5O. The molecule has 1 atom stereocenters. The number of likely N-dealkylation sites (tertiary alicyclic amines) is 1. The Morgan fingerprint density at radius 1 is 1.13 bits per heavy atom. The van der Waals surface area contributed by atoms with Crippen molar-refractivity contribution in [2.24, 2.45) is 4.99 Å². The number of carbonyl (C=O) groups excluding carboxylic acids is 1. The summed E-state index contributed by atoms with van der Waals surface area (Å²) in [5.74, 6) is 0.911. The molecule has 1 aliphatic rings. The van der Waals surface area contributed by atoms with Gasteiger partial charge < -0.3 is 15.5 Å². The molecule has 0 radical (unpaired) electrons. The molecule has 2 N–H and O–H groups in total. The molecule has 1 amide bonds. The van der Waals surface area contributed by atoms with E-state index in [0.717, 1.165) is 49.3 Å². The van der Waals surface area contributed by atoms with Crippen molar-refractivity contribution < 1.29 is 4.79 Å². The summed E-state index contributed by atoms with van der Waals surface area (Å²) in [5.41, 5.74) is 1.87. The average molecular weight is 530 g/mol. The van der Waals surface area contributed by atoms with Crippen LogP contribution in [0.15, 0.2) is 29.3 Å². The molecule has 6 nitrogen and oxygen atoms in total. The predicted octanol–water partition coefficient (Wildman–Crippen LogP) is 3.72. The number of nitrogens with one attached hydrogen (secondary N) is 2. The molecular weight excluding hydrogens is 489 g/mol. The molecule has 1 aromatic rings. The molecule has 0 spiro atoms. The van der Waals surface area contributed by atoms with Gasteiger partial charge in [0.1, 0.15) is 0 Å². The maximum absolute atomic E-state index is 12.4. The molecule has 0 aromatic heterocycles. The van der Waals surface area contributed by atoms with Crippen LogP contribution in [0, 0.1) is 0 Å². The first-order chi connectivity index (χ1) is 14.1. The van der Waals surface area contributed by atoms with E-state index in [4.69, 9.17) is 0 Å². The Labute approximate surface area is 199 Å². The van der Waals surface area contributed by atoms with Crippen molar-refractivity contribution in [1.82, 2.24) is 20.4 Å². The number of benzene rings is 1. The monoisotopic (exact) mass is 529 g/mol. The SMILES string of the molecule is CCC1CCCCN1CCNC(=NC)NCc1ccc(C(=O)N(CC)CC)cc1.I. The molecule has 1 aromatic carbocycles. The van der Waals surface area contributed by atoms with Crippen LogP contribution < -0.4 is 10.6 Å². The highest BCUT2D eigenvalue weighted by molar-refractivity contribution is 14.0. The van der Waals surface area contributed by atoms with Crippen molar-refractivity contribution in [2.45, 2.75) is 59.0 Å². The summed E-state index contributed by atoms with van der Waals surface area (Å²) in [6.07, 6.45) is 5.25. The molecule has 2 rings (SSSR count). The fourth-order valence-corrected chi connectivity index (χ4v) is 4.00. The van der Waals surface area contributed by atoms with E-state index in [1.54, 1.807) is 7.05 Å². The molecule has 7 heteroatoms. The first kappa shape index (κ1) is 26.7. The lowest BCUT2D eigenvalue weighted by Gasteiger charge is -2.35. The first-order valence-electron chi connectivity index (χ1n) is 11.2. The van der Waals surface area contributed by atoms with E-state index in [-0.39, 0.29) is 29.9 Å². The largest absolute Gasteiger partial charge is 0.355 e. The molecule has 1 unspecified atom stereocenters. The molecule has 1 aliphatic heterocycles. The Morgan fingerprint density at radius 2 is 1.83 bits per heavy atom. The molecule has 30 heavy (non-hydrogen) atoms. The van der Waals surface area contributed by atoms with Gasteiger partial charge in [0.15, 0.2) is 5.96 Å². The number of amides is 1. The standard InChI is InChI=1S/C23H39N5O.HI/c1-5-21-10-8-9-16-28(21)17-15-25-23(24-4)26-18-19-11-13-20(14-12-19)22(29)27(6-2)7-3;/h11-14,21H,5-10,15-18H2,1-4H3,(H2,24,25,26);1H. The van der Waals surface area contributed by atoms with Crippen LogP contribution in [-0.4, -0.2) is 67.5 Å². The zero-order chi connectivity index (χ0) is 21.1. The lowest BCUT2D eigenvalue weighted by atomic mass is 10.0. The quantitative estimate of drug-likeness (QED) is 0.291. The normalized spacial score (nSPS) is 17.2. The van der Waals surface area contributed by atoms with Crippen LogP contribution >= 0.6 is 24.0 Å². The van der Waals surface area contributed by atoms with E-state index < -0.39 is 0 Å². The van der Waals surface area contributed by atoms with Crippen molar-refractivity contribution in [3.05, 3.63) is 35.4 Å². The van der Waals surface area contributed by atoms with E-state index in [0.29, 0.717) is 6.54 Å². The summed E-state index contributed by atoms with van der Waals surface area (Å²) in [6, 6.07) is 8.58. The molecule has 1 saturated heterocycles. The number of nitrogens with zero attached hydrogens (tertiary/aromatic N) is 3. The highest BCUT2D eigenvalue weighted by Gasteiger charge is 2.20. The Kier molecular flexibility index (Phi) is 13.0. The highest BCUT2D eigenvalue weighted by Crippen LogP contribution is 2.18. The summed E-state index contributed by atoms with van der Waals surface area (Å²) >= 11 is 0. The second-order valence-electron chi connectivity index (χ2n) is 7.62. The smallest absolute Gasteiger partial charge is 0.253 e. The van der Waals surface area contributed by atoms with Crippen LogP contribution in [0.1, 0.15) is 62.4 Å². The summed E-state index contributed by atoms with van der Waals surface area (Å²) in [7, 11) is 1.80. The zero-order valence-electron chi connectivity index (χ0n) is 19.1. The van der Waals surface area contributed by atoms with Crippen LogP contribution in [0.4, 0.5) is 0 Å². The maximum atomic E-state index is 12.4. The molecule has 0 saturated carbocycles. The van der Waals surface area contributed by atoms with Gasteiger partial charge >= 0.3 is 0 Å². The Balaban J connectivity index is 0.00000450. The van der Waals surface area contributed by atoms with Crippen LogP contribution in [0.25, 0.3) is 0 Å². The average Bonchev–Trinajstić information content (AvgIpc) is 2.77. The number of carbonyl (C=O) groups is 1. The minimum atomic E-state index is 0. The number of aliphatic imine (C=N–C) groups is 1. The molecule has 170 valence electrons. The van der Waals surface area contributed by atoms with Gasteiger partial charge in [0.25, 0.3) is 5.91 Å². The summed E-state index contributed by atoms with van der Waals surface area (Å²) in [5, 5.41) is 6.80. The number of hydrogen-bond donors (Lipinski definition) is 2. The molecule has 0 aliphatic carbocycles. The van der Waals surface area contributed by atoms with Crippen LogP contribution in [0.3, 0.4) is 0 Å². The fraction of sp³-hybridized carbons (Fsp3) is 0.652. The van der Waals surface area contributed by atoms with Crippen molar-refractivity contribution in [3.8, 4) is 0 Å². The second kappa shape index (κ2) is 14.6. The van der Waals surface area contributed by atoms with Crippen molar-refractivity contribution in [3.63, 3.8) is 0 Å². The predicted molar refractivity (Wildman–Crippen MR) is 137 cm³/mol. The van der Waals surface area contributed by atoms with Gasteiger partial charge in [-0.1, -0.05) is 25.5 Å². The Morgan fingerprint density at radius 3 is 2.43 bits per heavy atom. The molecule has 1 fully saturated rings. The lowest BCUT2D eigenvalue weighted by molar-refractivity contribution is 0.0773. The lowest BCUT2D eigenvalue weighted by Crippen LogP contribution is -2.45. The summed E-state index contributed by atoms with van der Waals surface area (Å²) in [4.78, 5) is 21.2. The van der Waals surface area contributed by atoms with Gasteiger partial charge in [0, 0.05) is 51.4 Å². The summed E-state index contributed by atoms with van der Waals surface area (Å²) in [6.45, 7) is 11.6. The maximum Gasteiger partial charge on any atom is 0.253 e. The van der Waals surface area contributed by atoms with E-state index in [1.807, 2.05) is 43.0 Å². The van der Waals surface area contributed by atoms with Crippen LogP contribution in [0.5, 0.6) is 0 Å². The minimum absolute atomic E-state index is 0. The van der Waals surface area contributed by atoms with Crippen molar-refractivity contribution in [1.29, 1.82) is 0 Å². The number of halogens is 1. The van der Waals surface area contributed by atoms with E-state index in [9.17, 15) is 4.79 Å². The minimum Gasteiger partial charge on any atom is -0.355 e. The van der Waals surface area contributed by atoms with Crippen molar-refractivity contribution >= 4 is 35.8 Å². The first-order valence-corrected chi connectivity index (χ1v) is 11.2. The fourth-order valence-electron chi connectivity index (χ4n) is 4.00. The van der Waals surface area contributed by atoms with Gasteiger partial charge in [0.05, 0.1) is 0 Å². The van der Waals surface area contributed by atoms with Gasteiger partial charge in [-0.25, -0.2) is 0 Å². The van der Waals surface area contributed by atoms with E-state index in [1.165, 1.54) is 32.2 Å². The van der Waals surface area contributed by atoms with E-state index >= 15 is 0 Å². The number of rotatable bonds is 9. The number of guanidine groups is 1. The zero-order valence-corrected chi connectivity index (χ0v) is 21.4. The van der Waals surface area contributed by atoms with E-state index in [2.05, 4.69) is 27.4 Å². The highest BCUT2D eigenvalue weighted by atomic mass is 127.